The van der Waals surface area contributed by atoms with E-state index in [4.69, 9.17) is 11.6 Å². The summed E-state index contributed by atoms with van der Waals surface area (Å²) in [5, 5.41) is 0.380. The van der Waals surface area contributed by atoms with E-state index in [2.05, 4.69) is 14.7 Å². The molecule has 0 spiro atoms. The lowest BCUT2D eigenvalue weighted by Crippen LogP contribution is -2.11. The molecule has 0 atom stereocenters. The number of ether oxygens (including phenoxy) is 1. The third kappa shape index (κ3) is 1.95. The molecule has 1 fully saturated rings. The number of rotatable bonds is 2. The fraction of sp³-hybridized carbons (Fsp3) is 0.500. The maximum absolute atomic E-state index is 11.5. The normalized spacial score (nSPS) is 15.1. The van der Waals surface area contributed by atoms with Crippen LogP contribution in [0.2, 0.25) is 5.15 Å². The van der Waals surface area contributed by atoms with Crippen molar-refractivity contribution in [3.05, 3.63) is 22.2 Å². The van der Waals surface area contributed by atoms with Crippen LogP contribution >= 0.6 is 11.6 Å². The van der Waals surface area contributed by atoms with Crippen LogP contribution in [0.1, 0.15) is 40.6 Å². The van der Waals surface area contributed by atoms with E-state index < -0.39 is 5.97 Å². The van der Waals surface area contributed by atoms with Crippen molar-refractivity contribution in [1.82, 2.24) is 9.97 Å². The average molecular weight is 227 g/mol. The Hall–Kier alpha value is -1.16. The average Bonchev–Trinajstić information content (AvgIpc) is 2.99. The Morgan fingerprint density at radius 3 is 2.67 bits per heavy atom. The summed E-state index contributed by atoms with van der Waals surface area (Å²) in [7, 11) is 1.34. The molecular formula is C10H11ClN2O2. The monoisotopic (exact) mass is 226 g/mol. The van der Waals surface area contributed by atoms with Gasteiger partial charge in [0.25, 0.3) is 0 Å². The first kappa shape index (κ1) is 10.4. The SMILES string of the molecule is COC(=O)c1nc(C)nc(Cl)c1C1CC1. The molecule has 0 amide bonds. The van der Waals surface area contributed by atoms with Gasteiger partial charge in [-0.1, -0.05) is 11.6 Å². The highest BCUT2D eigenvalue weighted by molar-refractivity contribution is 6.30. The lowest BCUT2D eigenvalue weighted by molar-refractivity contribution is 0.0592. The highest BCUT2D eigenvalue weighted by Crippen LogP contribution is 2.44. The molecule has 80 valence electrons. The molecule has 0 aliphatic heterocycles. The molecule has 0 radical (unpaired) electrons. The van der Waals surface area contributed by atoms with Crippen molar-refractivity contribution >= 4 is 17.6 Å². The summed E-state index contributed by atoms with van der Waals surface area (Å²) in [6.45, 7) is 1.70. The molecular weight excluding hydrogens is 216 g/mol. The fourth-order valence-corrected chi connectivity index (χ4v) is 1.90. The molecule has 4 nitrogen and oxygen atoms in total. The second-order valence-corrected chi connectivity index (χ2v) is 3.95. The van der Waals surface area contributed by atoms with Gasteiger partial charge in [-0.2, -0.15) is 0 Å². The zero-order chi connectivity index (χ0) is 11.0. The molecule has 0 bridgehead atoms. The predicted octanol–water partition coefficient (Wildman–Crippen LogP) is 2.10. The molecule has 1 aromatic rings. The van der Waals surface area contributed by atoms with E-state index >= 15 is 0 Å². The second-order valence-electron chi connectivity index (χ2n) is 3.59. The van der Waals surface area contributed by atoms with E-state index in [1.165, 1.54) is 7.11 Å². The van der Waals surface area contributed by atoms with Crippen molar-refractivity contribution in [2.45, 2.75) is 25.7 Å². The highest BCUT2D eigenvalue weighted by Gasteiger charge is 2.32. The fourth-order valence-electron chi connectivity index (χ4n) is 1.53. The summed E-state index contributed by atoms with van der Waals surface area (Å²) in [6, 6.07) is 0. The van der Waals surface area contributed by atoms with Gasteiger partial charge in [-0.3, -0.25) is 0 Å². The lowest BCUT2D eigenvalue weighted by Gasteiger charge is -2.08. The van der Waals surface area contributed by atoms with Gasteiger partial charge in [0.05, 0.1) is 7.11 Å². The number of hydrogen-bond donors (Lipinski definition) is 0. The summed E-state index contributed by atoms with van der Waals surface area (Å²) < 4.78 is 4.68. The number of hydrogen-bond acceptors (Lipinski definition) is 4. The minimum Gasteiger partial charge on any atom is -0.464 e. The Bertz CT molecular complexity index is 416. The van der Waals surface area contributed by atoms with Crippen molar-refractivity contribution in [2.24, 2.45) is 0 Å². The zero-order valence-corrected chi connectivity index (χ0v) is 9.34. The van der Waals surface area contributed by atoms with Gasteiger partial charge in [0, 0.05) is 5.56 Å². The number of halogens is 1. The molecule has 1 saturated carbocycles. The Labute approximate surface area is 92.6 Å². The molecule has 1 aromatic heterocycles. The van der Waals surface area contributed by atoms with E-state index in [-0.39, 0.29) is 0 Å². The quantitative estimate of drug-likeness (QED) is 0.573. The molecule has 0 aromatic carbocycles. The van der Waals surface area contributed by atoms with Gasteiger partial charge in [0.2, 0.25) is 0 Å². The van der Waals surface area contributed by atoms with Crippen LogP contribution in [-0.4, -0.2) is 23.0 Å². The third-order valence-electron chi connectivity index (χ3n) is 2.38. The van der Waals surface area contributed by atoms with E-state index in [9.17, 15) is 4.79 Å². The summed E-state index contributed by atoms with van der Waals surface area (Å²) in [5.41, 5.74) is 1.06. The predicted molar refractivity (Wildman–Crippen MR) is 55.1 cm³/mol. The number of aryl methyl sites for hydroxylation is 1. The minimum atomic E-state index is -0.440. The van der Waals surface area contributed by atoms with Crippen LogP contribution < -0.4 is 0 Å². The first-order valence-corrected chi connectivity index (χ1v) is 5.13. The maximum Gasteiger partial charge on any atom is 0.357 e. The molecule has 1 aliphatic rings. The number of carbonyl (C=O) groups excluding carboxylic acids is 1. The lowest BCUT2D eigenvalue weighted by atomic mass is 10.1. The topological polar surface area (TPSA) is 52.1 Å². The molecule has 5 heteroatoms. The van der Waals surface area contributed by atoms with Gasteiger partial charge < -0.3 is 4.74 Å². The molecule has 2 rings (SSSR count). The Morgan fingerprint density at radius 2 is 2.13 bits per heavy atom. The van der Waals surface area contributed by atoms with Crippen LogP contribution in [0, 0.1) is 6.92 Å². The number of nitrogens with zero attached hydrogens (tertiary/aromatic N) is 2. The van der Waals surface area contributed by atoms with Gasteiger partial charge in [-0.05, 0) is 25.7 Å². The van der Waals surface area contributed by atoms with Crippen molar-refractivity contribution < 1.29 is 9.53 Å². The zero-order valence-electron chi connectivity index (χ0n) is 8.58. The number of carbonyl (C=O) groups is 1. The van der Waals surface area contributed by atoms with Gasteiger partial charge in [-0.15, -0.1) is 0 Å². The first-order valence-electron chi connectivity index (χ1n) is 4.76. The highest BCUT2D eigenvalue weighted by atomic mass is 35.5. The molecule has 15 heavy (non-hydrogen) atoms. The Balaban J connectivity index is 2.53. The van der Waals surface area contributed by atoms with Gasteiger partial charge in [0.1, 0.15) is 11.0 Å². The van der Waals surface area contributed by atoms with E-state index in [0.717, 1.165) is 18.4 Å². The molecule has 0 unspecified atom stereocenters. The molecule has 0 N–H and O–H groups in total. The van der Waals surface area contributed by atoms with Gasteiger partial charge in [0.15, 0.2) is 5.69 Å². The summed E-state index contributed by atoms with van der Waals surface area (Å²) in [4.78, 5) is 19.7. The van der Waals surface area contributed by atoms with Crippen molar-refractivity contribution in [2.75, 3.05) is 7.11 Å². The van der Waals surface area contributed by atoms with Crippen molar-refractivity contribution in [3.8, 4) is 0 Å². The summed E-state index contributed by atoms with van der Waals surface area (Å²) >= 11 is 6.01. The number of methoxy groups -OCH3 is 1. The van der Waals surface area contributed by atoms with Crippen LogP contribution in [0.5, 0.6) is 0 Å². The number of aromatic nitrogens is 2. The van der Waals surface area contributed by atoms with Crippen LogP contribution in [0.15, 0.2) is 0 Å². The minimum absolute atomic E-state index is 0.317. The molecule has 0 saturated heterocycles. The van der Waals surface area contributed by atoms with Crippen LogP contribution in [0.25, 0.3) is 0 Å². The second kappa shape index (κ2) is 3.77. The first-order chi connectivity index (χ1) is 7.13. The van der Waals surface area contributed by atoms with E-state index in [1.54, 1.807) is 6.92 Å². The van der Waals surface area contributed by atoms with Crippen LogP contribution in [0.3, 0.4) is 0 Å². The van der Waals surface area contributed by atoms with Crippen LogP contribution in [0.4, 0.5) is 0 Å². The summed E-state index contributed by atoms with van der Waals surface area (Å²) in [6.07, 6.45) is 2.08. The van der Waals surface area contributed by atoms with E-state index in [1.807, 2.05) is 0 Å². The van der Waals surface area contributed by atoms with E-state index in [0.29, 0.717) is 22.6 Å². The molecule has 1 heterocycles. The van der Waals surface area contributed by atoms with Gasteiger partial charge in [-0.25, -0.2) is 14.8 Å². The summed E-state index contributed by atoms with van der Waals surface area (Å²) in [5.74, 6) is 0.376. The Kier molecular flexibility index (Phi) is 2.61. The maximum atomic E-state index is 11.5. The van der Waals surface area contributed by atoms with Crippen molar-refractivity contribution in [1.29, 1.82) is 0 Å². The third-order valence-corrected chi connectivity index (χ3v) is 2.66. The largest absolute Gasteiger partial charge is 0.464 e. The Morgan fingerprint density at radius 1 is 1.47 bits per heavy atom. The van der Waals surface area contributed by atoms with Crippen LogP contribution in [-0.2, 0) is 4.74 Å². The molecule has 1 aliphatic carbocycles. The number of esters is 1. The van der Waals surface area contributed by atoms with Gasteiger partial charge >= 0.3 is 5.97 Å². The van der Waals surface area contributed by atoms with Crippen molar-refractivity contribution in [3.63, 3.8) is 0 Å². The standard InChI is InChI=1S/C10H11ClN2O2/c1-5-12-8(10(14)15-2)7(6-3-4-6)9(11)13-5/h6H,3-4H2,1-2H3. The smallest absolute Gasteiger partial charge is 0.357 e.